The summed E-state index contributed by atoms with van der Waals surface area (Å²) in [6.07, 6.45) is 0. The second-order valence-corrected chi connectivity index (χ2v) is 2.82. The van der Waals surface area contributed by atoms with Crippen LogP contribution >= 0.6 is 0 Å². The highest BCUT2D eigenvalue weighted by Crippen LogP contribution is 2.16. The second kappa shape index (κ2) is 3.10. The number of carbonyl (C=O) groups is 1. The first-order valence-corrected chi connectivity index (χ1v) is 4.24. The summed E-state index contributed by atoms with van der Waals surface area (Å²) in [4.78, 5) is 18.2. The van der Waals surface area contributed by atoms with Gasteiger partial charge in [-0.1, -0.05) is 0 Å². The average molecular weight is 191 g/mol. The third kappa shape index (κ3) is 1.32. The number of rotatable bonds is 2. The van der Waals surface area contributed by atoms with Gasteiger partial charge in [-0.15, -0.1) is 0 Å². The van der Waals surface area contributed by atoms with E-state index in [2.05, 4.69) is 9.98 Å². The SMILES string of the molecule is CCOc1cc2c(cc1N)=NC(=O)N=2. The summed E-state index contributed by atoms with van der Waals surface area (Å²) in [7, 11) is 0. The Morgan fingerprint density at radius 1 is 1.36 bits per heavy atom. The summed E-state index contributed by atoms with van der Waals surface area (Å²) >= 11 is 0. The molecule has 1 heterocycles. The Morgan fingerprint density at radius 2 is 2.00 bits per heavy atom. The van der Waals surface area contributed by atoms with Crippen LogP contribution in [0.2, 0.25) is 0 Å². The molecule has 5 heteroatoms. The zero-order chi connectivity index (χ0) is 10.1. The Bertz CT molecular complexity index is 508. The van der Waals surface area contributed by atoms with Crippen molar-refractivity contribution in [2.75, 3.05) is 12.3 Å². The summed E-state index contributed by atoms with van der Waals surface area (Å²) in [6.45, 7) is 2.38. The Labute approximate surface area is 79.9 Å². The van der Waals surface area contributed by atoms with Gasteiger partial charge >= 0.3 is 6.03 Å². The maximum absolute atomic E-state index is 10.9. The first-order chi connectivity index (χ1) is 6.70. The number of amides is 2. The van der Waals surface area contributed by atoms with Crippen molar-refractivity contribution in [1.29, 1.82) is 0 Å². The van der Waals surface area contributed by atoms with Crippen LogP contribution in [0.5, 0.6) is 5.75 Å². The molecule has 2 rings (SSSR count). The summed E-state index contributed by atoms with van der Waals surface area (Å²) in [6, 6.07) is 2.73. The quantitative estimate of drug-likeness (QED) is 0.670. The van der Waals surface area contributed by atoms with Crippen LogP contribution in [0.1, 0.15) is 6.92 Å². The van der Waals surface area contributed by atoms with E-state index < -0.39 is 6.03 Å². The summed E-state index contributed by atoms with van der Waals surface area (Å²) in [5, 5.41) is 1.03. The zero-order valence-electron chi connectivity index (χ0n) is 7.65. The second-order valence-electron chi connectivity index (χ2n) is 2.82. The van der Waals surface area contributed by atoms with Gasteiger partial charge in [-0.3, -0.25) is 0 Å². The molecule has 72 valence electrons. The van der Waals surface area contributed by atoms with Gasteiger partial charge in [0.2, 0.25) is 0 Å². The summed E-state index contributed by atoms with van der Waals surface area (Å²) in [5.41, 5.74) is 6.16. The fraction of sp³-hybridized carbons (Fsp3) is 0.222. The number of carbonyl (C=O) groups excluding carboxylic acids is 1. The number of nitrogen functional groups attached to an aromatic ring is 1. The molecule has 0 fully saturated rings. The van der Waals surface area contributed by atoms with Gasteiger partial charge in [-0.05, 0) is 13.0 Å². The highest BCUT2D eigenvalue weighted by atomic mass is 16.5. The van der Waals surface area contributed by atoms with E-state index in [4.69, 9.17) is 10.5 Å². The van der Waals surface area contributed by atoms with E-state index >= 15 is 0 Å². The van der Waals surface area contributed by atoms with Crippen molar-refractivity contribution in [3.63, 3.8) is 0 Å². The molecular formula is C9H9N3O2. The van der Waals surface area contributed by atoms with Crippen LogP contribution in [0.25, 0.3) is 0 Å². The zero-order valence-corrected chi connectivity index (χ0v) is 7.65. The van der Waals surface area contributed by atoms with E-state index in [1.807, 2.05) is 6.92 Å². The molecule has 0 radical (unpaired) electrons. The number of hydrogen-bond donors (Lipinski definition) is 1. The lowest BCUT2D eigenvalue weighted by Gasteiger charge is -2.04. The number of anilines is 1. The molecule has 1 aromatic rings. The fourth-order valence-corrected chi connectivity index (χ4v) is 1.26. The van der Waals surface area contributed by atoms with Gasteiger partial charge in [0.15, 0.2) is 0 Å². The van der Waals surface area contributed by atoms with E-state index in [0.29, 0.717) is 28.8 Å². The Balaban J connectivity index is 2.62. The van der Waals surface area contributed by atoms with Crippen LogP contribution in [0.15, 0.2) is 22.1 Å². The lowest BCUT2D eigenvalue weighted by atomic mass is 10.3. The Hall–Kier alpha value is -1.91. The fourth-order valence-electron chi connectivity index (χ4n) is 1.26. The van der Waals surface area contributed by atoms with Gasteiger partial charge in [-0.25, -0.2) is 4.79 Å². The van der Waals surface area contributed by atoms with Gasteiger partial charge in [0.1, 0.15) is 5.75 Å². The maximum atomic E-state index is 10.9. The molecule has 0 spiro atoms. The van der Waals surface area contributed by atoms with E-state index in [0.717, 1.165) is 0 Å². The van der Waals surface area contributed by atoms with Crippen LogP contribution in [0, 0.1) is 0 Å². The molecule has 0 aromatic heterocycles. The maximum Gasteiger partial charge on any atom is 0.368 e. The normalized spacial score (nSPS) is 13.1. The van der Waals surface area contributed by atoms with Crippen LogP contribution in [-0.2, 0) is 0 Å². The number of ether oxygens (including phenoxy) is 1. The molecule has 0 bridgehead atoms. The monoisotopic (exact) mass is 191 g/mol. The van der Waals surface area contributed by atoms with Gasteiger partial charge in [-0.2, -0.15) is 9.98 Å². The van der Waals surface area contributed by atoms with Gasteiger partial charge < -0.3 is 10.5 Å². The molecule has 1 aliphatic heterocycles. The van der Waals surface area contributed by atoms with Crippen LogP contribution in [0.4, 0.5) is 10.5 Å². The molecule has 0 unspecified atom stereocenters. The molecule has 0 atom stereocenters. The highest BCUT2D eigenvalue weighted by Gasteiger charge is 2.08. The van der Waals surface area contributed by atoms with Crippen LogP contribution < -0.4 is 21.2 Å². The average Bonchev–Trinajstić information content (AvgIpc) is 2.45. The third-order valence-electron chi connectivity index (χ3n) is 1.84. The number of benzene rings is 1. The first-order valence-electron chi connectivity index (χ1n) is 4.24. The van der Waals surface area contributed by atoms with Crippen LogP contribution in [0.3, 0.4) is 0 Å². The van der Waals surface area contributed by atoms with E-state index in [1.54, 1.807) is 12.1 Å². The molecule has 0 saturated heterocycles. The topological polar surface area (TPSA) is 77.0 Å². The molecule has 2 N–H and O–H groups in total. The van der Waals surface area contributed by atoms with Crippen LogP contribution in [-0.4, -0.2) is 12.6 Å². The number of urea groups is 1. The first kappa shape index (κ1) is 8.68. The molecule has 14 heavy (non-hydrogen) atoms. The van der Waals surface area contributed by atoms with Gasteiger partial charge in [0.25, 0.3) is 0 Å². The minimum atomic E-state index is -0.493. The lowest BCUT2D eigenvalue weighted by molar-refractivity contribution is 0.256. The minimum Gasteiger partial charge on any atom is -0.492 e. The highest BCUT2D eigenvalue weighted by molar-refractivity contribution is 5.77. The van der Waals surface area contributed by atoms with E-state index in [-0.39, 0.29) is 0 Å². The molecule has 0 aliphatic carbocycles. The largest absolute Gasteiger partial charge is 0.492 e. The number of hydrogen-bond acceptors (Lipinski definition) is 3. The van der Waals surface area contributed by atoms with Crippen molar-refractivity contribution in [3.05, 3.63) is 22.8 Å². The number of fused-ring (bicyclic) bond motifs is 1. The van der Waals surface area contributed by atoms with Crippen molar-refractivity contribution in [2.24, 2.45) is 9.98 Å². The van der Waals surface area contributed by atoms with Gasteiger partial charge in [0.05, 0.1) is 23.0 Å². The number of nitrogens with zero attached hydrogens (tertiary/aromatic N) is 2. The summed E-state index contributed by atoms with van der Waals surface area (Å²) < 4.78 is 5.26. The standard InChI is InChI=1S/C9H9N3O2/c1-2-14-8-4-7-6(3-5(8)10)11-9(13)12-7/h3-4H,2,10H2,1H3. The molecule has 2 amide bonds. The van der Waals surface area contributed by atoms with Gasteiger partial charge in [0, 0.05) is 6.07 Å². The molecule has 0 saturated carbocycles. The summed E-state index contributed by atoms with van der Waals surface area (Å²) in [5.74, 6) is 0.542. The van der Waals surface area contributed by atoms with Crippen molar-refractivity contribution < 1.29 is 9.53 Å². The van der Waals surface area contributed by atoms with E-state index in [1.165, 1.54) is 0 Å². The number of nitrogens with two attached hydrogens (primary N) is 1. The molecular weight excluding hydrogens is 182 g/mol. The predicted octanol–water partition coefficient (Wildman–Crippen LogP) is 0.0403. The molecule has 5 nitrogen and oxygen atoms in total. The lowest BCUT2D eigenvalue weighted by Crippen LogP contribution is -2.22. The van der Waals surface area contributed by atoms with Crippen molar-refractivity contribution in [2.45, 2.75) is 6.92 Å². The third-order valence-corrected chi connectivity index (χ3v) is 1.84. The Kier molecular flexibility index (Phi) is 1.92. The smallest absolute Gasteiger partial charge is 0.368 e. The van der Waals surface area contributed by atoms with Crippen molar-refractivity contribution in [3.8, 4) is 5.75 Å². The molecule has 1 aromatic carbocycles. The van der Waals surface area contributed by atoms with Crippen molar-refractivity contribution in [1.82, 2.24) is 0 Å². The van der Waals surface area contributed by atoms with Crippen molar-refractivity contribution >= 4 is 11.7 Å². The molecule has 1 aliphatic rings. The Morgan fingerprint density at radius 3 is 2.64 bits per heavy atom. The minimum absolute atomic E-state index is 0.472. The predicted molar refractivity (Wildman–Crippen MR) is 49.7 cm³/mol. The van der Waals surface area contributed by atoms with E-state index in [9.17, 15) is 4.79 Å².